The molecular weight excluding hydrogens is 218 g/mol. The van der Waals surface area contributed by atoms with Crippen LogP contribution in [0.5, 0.6) is 0 Å². The van der Waals surface area contributed by atoms with Crippen molar-refractivity contribution < 1.29 is 14.7 Å². The molecule has 0 aromatic heterocycles. The first-order chi connectivity index (χ1) is 8.11. The van der Waals surface area contributed by atoms with Gasteiger partial charge in [0, 0.05) is 24.6 Å². The van der Waals surface area contributed by atoms with Gasteiger partial charge in [-0.25, -0.2) is 4.79 Å². The van der Waals surface area contributed by atoms with Gasteiger partial charge >= 0.3 is 5.97 Å². The van der Waals surface area contributed by atoms with E-state index in [9.17, 15) is 9.59 Å². The van der Waals surface area contributed by atoms with Crippen LogP contribution in [0.25, 0.3) is 0 Å². The highest BCUT2D eigenvalue weighted by Gasteiger charge is 2.29. The second kappa shape index (κ2) is 4.30. The van der Waals surface area contributed by atoms with Crippen molar-refractivity contribution >= 4 is 17.6 Å². The molecule has 17 heavy (non-hydrogen) atoms. The number of carbonyl (C=O) groups is 2. The average Bonchev–Trinajstić information content (AvgIpc) is 2.71. The van der Waals surface area contributed by atoms with E-state index in [4.69, 9.17) is 11.5 Å². The van der Waals surface area contributed by atoms with Crippen LogP contribution in [0, 0.1) is 18.3 Å². The Kier molecular flexibility index (Phi) is 2.84. The fourth-order valence-electron chi connectivity index (χ4n) is 1.85. The second-order valence-corrected chi connectivity index (χ2v) is 3.92. The minimum Gasteiger partial charge on any atom is -0.478 e. The summed E-state index contributed by atoms with van der Waals surface area (Å²) in [6.45, 7) is 0.502. The molecule has 0 saturated carbocycles. The largest absolute Gasteiger partial charge is 0.478 e. The van der Waals surface area contributed by atoms with Gasteiger partial charge in [-0.2, -0.15) is 0 Å². The maximum Gasteiger partial charge on any atom is 0.335 e. The maximum absolute atomic E-state index is 11.7. The molecule has 1 aliphatic heterocycles. The predicted octanol–water partition coefficient (Wildman–Crippen LogP) is 1.37. The molecule has 0 spiro atoms. The Morgan fingerprint density at radius 3 is 2.53 bits per heavy atom. The molecule has 0 radical (unpaired) electrons. The van der Waals surface area contributed by atoms with Crippen LogP contribution >= 0.6 is 0 Å². The molecular formula is C13H11NO3. The Balaban J connectivity index is 2.21. The van der Waals surface area contributed by atoms with E-state index >= 15 is 0 Å². The first kappa shape index (κ1) is 11.2. The average molecular weight is 229 g/mol. The van der Waals surface area contributed by atoms with Gasteiger partial charge in [0.05, 0.1) is 5.56 Å². The monoisotopic (exact) mass is 229 g/mol. The number of carboxylic acids is 1. The highest BCUT2D eigenvalue weighted by atomic mass is 16.4. The number of anilines is 1. The number of amides is 1. The maximum atomic E-state index is 11.7. The predicted molar refractivity (Wildman–Crippen MR) is 62.7 cm³/mol. The third-order valence-electron chi connectivity index (χ3n) is 2.79. The van der Waals surface area contributed by atoms with E-state index in [1.54, 1.807) is 17.0 Å². The lowest BCUT2D eigenvalue weighted by Gasteiger charge is -2.15. The molecule has 1 heterocycles. The number of benzene rings is 1. The van der Waals surface area contributed by atoms with E-state index in [2.05, 4.69) is 5.92 Å². The Hall–Kier alpha value is -2.28. The Bertz CT molecular complexity index is 498. The Morgan fingerprint density at radius 1 is 1.41 bits per heavy atom. The molecule has 1 amide bonds. The summed E-state index contributed by atoms with van der Waals surface area (Å²) in [4.78, 5) is 24.0. The normalized spacial score (nSPS) is 19.1. The van der Waals surface area contributed by atoms with E-state index in [1.165, 1.54) is 12.1 Å². The summed E-state index contributed by atoms with van der Waals surface area (Å²) in [6, 6.07) is 6.21. The fourth-order valence-corrected chi connectivity index (χ4v) is 1.85. The van der Waals surface area contributed by atoms with E-state index in [0.29, 0.717) is 18.7 Å². The first-order valence-electron chi connectivity index (χ1n) is 5.21. The fraction of sp³-hybridized carbons (Fsp3) is 0.231. The number of nitrogens with zero attached hydrogens (tertiary/aromatic N) is 1. The highest BCUT2D eigenvalue weighted by molar-refractivity contribution is 5.96. The number of hydrogen-bond acceptors (Lipinski definition) is 2. The van der Waals surface area contributed by atoms with Crippen LogP contribution in [0.15, 0.2) is 24.3 Å². The van der Waals surface area contributed by atoms with Gasteiger partial charge in [0.2, 0.25) is 5.91 Å². The summed E-state index contributed by atoms with van der Waals surface area (Å²) >= 11 is 0. The number of carbonyl (C=O) groups excluding carboxylic acids is 1. The summed E-state index contributed by atoms with van der Waals surface area (Å²) in [5, 5.41) is 8.77. The number of carboxylic acid groups (broad SMARTS) is 1. The summed E-state index contributed by atoms with van der Waals surface area (Å²) in [7, 11) is 0. The van der Waals surface area contributed by atoms with Crippen molar-refractivity contribution in [1.29, 1.82) is 0 Å². The molecule has 1 aliphatic rings. The van der Waals surface area contributed by atoms with E-state index < -0.39 is 5.97 Å². The van der Waals surface area contributed by atoms with Gasteiger partial charge in [0.25, 0.3) is 0 Å². The SMILES string of the molecule is C#CC1CC(=O)N(c2ccc(C(=O)O)cc2)C1. The highest BCUT2D eigenvalue weighted by Crippen LogP contribution is 2.24. The molecule has 1 unspecified atom stereocenters. The number of rotatable bonds is 2. The molecule has 4 heteroatoms. The molecule has 4 nitrogen and oxygen atoms in total. The lowest BCUT2D eigenvalue weighted by Crippen LogP contribution is -2.24. The quantitative estimate of drug-likeness (QED) is 0.779. The Morgan fingerprint density at radius 2 is 2.06 bits per heavy atom. The summed E-state index contributed by atoms with van der Waals surface area (Å²) < 4.78 is 0. The molecule has 2 rings (SSSR count). The Labute approximate surface area is 98.9 Å². The van der Waals surface area contributed by atoms with Crippen LogP contribution in [0.1, 0.15) is 16.8 Å². The number of aromatic carboxylic acids is 1. The van der Waals surface area contributed by atoms with Crippen LogP contribution in [-0.4, -0.2) is 23.5 Å². The summed E-state index contributed by atoms with van der Waals surface area (Å²) in [6.07, 6.45) is 5.65. The number of terminal acetylenes is 1. The van der Waals surface area contributed by atoms with Gasteiger partial charge in [0.15, 0.2) is 0 Å². The molecule has 1 saturated heterocycles. The van der Waals surface area contributed by atoms with Crippen molar-refractivity contribution in [3.05, 3.63) is 29.8 Å². The molecule has 1 N–H and O–H groups in total. The van der Waals surface area contributed by atoms with Gasteiger partial charge < -0.3 is 10.0 Å². The zero-order valence-electron chi connectivity index (χ0n) is 9.09. The van der Waals surface area contributed by atoms with Crippen LogP contribution < -0.4 is 4.90 Å². The third-order valence-corrected chi connectivity index (χ3v) is 2.79. The minimum absolute atomic E-state index is 0.0176. The van der Waals surface area contributed by atoms with Gasteiger partial charge in [-0.1, -0.05) is 0 Å². The zero-order chi connectivity index (χ0) is 12.4. The van der Waals surface area contributed by atoms with Crippen molar-refractivity contribution in [2.45, 2.75) is 6.42 Å². The molecule has 1 aromatic rings. The van der Waals surface area contributed by atoms with E-state index in [0.717, 1.165) is 0 Å². The molecule has 1 atom stereocenters. The standard InChI is InChI=1S/C13H11NO3/c1-2-9-7-12(15)14(8-9)11-5-3-10(4-6-11)13(16)17/h1,3-6,9H,7-8H2,(H,16,17). The minimum atomic E-state index is -0.981. The third kappa shape index (κ3) is 2.13. The van der Waals surface area contributed by atoms with Crippen molar-refractivity contribution in [2.75, 3.05) is 11.4 Å². The molecule has 0 bridgehead atoms. The topological polar surface area (TPSA) is 57.6 Å². The van der Waals surface area contributed by atoms with Crippen molar-refractivity contribution in [3.8, 4) is 12.3 Å². The van der Waals surface area contributed by atoms with Crippen LogP contribution in [-0.2, 0) is 4.79 Å². The smallest absolute Gasteiger partial charge is 0.335 e. The van der Waals surface area contributed by atoms with E-state index in [1.807, 2.05) is 0 Å². The molecule has 1 aromatic carbocycles. The molecule has 1 fully saturated rings. The molecule has 0 aliphatic carbocycles. The zero-order valence-corrected chi connectivity index (χ0v) is 9.09. The first-order valence-corrected chi connectivity index (χ1v) is 5.21. The van der Waals surface area contributed by atoms with Gasteiger partial charge in [-0.05, 0) is 24.3 Å². The summed E-state index contributed by atoms with van der Waals surface area (Å²) in [5.41, 5.74) is 0.895. The van der Waals surface area contributed by atoms with E-state index in [-0.39, 0.29) is 17.4 Å². The van der Waals surface area contributed by atoms with Crippen molar-refractivity contribution in [3.63, 3.8) is 0 Å². The van der Waals surface area contributed by atoms with Crippen molar-refractivity contribution in [1.82, 2.24) is 0 Å². The lowest BCUT2D eigenvalue weighted by molar-refractivity contribution is -0.117. The lowest BCUT2D eigenvalue weighted by atomic mass is 10.1. The summed E-state index contributed by atoms with van der Waals surface area (Å²) in [5.74, 6) is 1.51. The second-order valence-electron chi connectivity index (χ2n) is 3.92. The van der Waals surface area contributed by atoms with Gasteiger partial charge in [-0.3, -0.25) is 4.79 Å². The van der Waals surface area contributed by atoms with Crippen LogP contribution in [0.4, 0.5) is 5.69 Å². The van der Waals surface area contributed by atoms with Crippen molar-refractivity contribution in [2.24, 2.45) is 5.92 Å². The van der Waals surface area contributed by atoms with Gasteiger partial charge in [-0.15, -0.1) is 12.3 Å². The van der Waals surface area contributed by atoms with Crippen LogP contribution in [0.3, 0.4) is 0 Å². The van der Waals surface area contributed by atoms with Crippen LogP contribution in [0.2, 0.25) is 0 Å². The number of hydrogen-bond donors (Lipinski definition) is 1. The molecule has 86 valence electrons. The van der Waals surface area contributed by atoms with Gasteiger partial charge in [0.1, 0.15) is 0 Å².